The Hall–Kier alpha value is -2.95. The second kappa shape index (κ2) is 6.28. The summed E-state index contributed by atoms with van der Waals surface area (Å²) in [5.41, 5.74) is 3.07. The number of fused-ring (bicyclic) bond motifs is 1. The molecule has 0 spiro atoms. The maximum Gasteiger partial charge on any atom is 0.338 e. The quantitative estimate of drug-likeness (QED) is 0.641. The smallest absolute Gasteiger partial charge is 0.338 e. The molecule has 122 valence electrons. The van der Waals surface area contributed by atoms with E-state index in [0.29, 0.717) is 16.7 Å². The lowest BCUT2D eigenvalue weighted by molar-refractivity contribution is 0.0419. The Balaban J connectivity index is 1.63. The first-order valence-electron chi connectivity index (χ1n) is 7.68. The van der Waals surface area contributed by atoms with E-state index in [1.54, 1.807) is 30.3 Å². The van der Waals surface area contributed by atoms with Crippen LogP contribution in [0.4, 0.5) is 0 Å². The highest BCUT2D eigenvalue weighted by Gasteiger charge is 2.34. The summed E-state index contributed by atoms with van der Waals surface area (Å²) in [6.45, 7) is 3.75. The SMILES string of the molecule is Cc1ccc(C)c(C(=O)OCCN2C(=O)c3ccccc3C2=O)c1. The first-order valence-corrected chi connectivity index (χ1v) is 7.68. The summed E-state index contributed by atoms with van der Waals surface area (Å²) < 4.78 is 5.24. The Morgan fingerprint density at radius 1 is 1.00 bits per heavy atom. The number of benzene rings is 2. The summed E-state index contributed by atoms with van der Waals surface area (Å²) in [6.07, 6.45) is 0. The third-order valence-electron chi connectivity index (χ3n) is 4.04. The Morgan fingerprint density at radius 3 is 2.25 bits per heavy atom. The van der Waals surface area contributed by atoms with Crippen molar-refractivity contribution in [1.82, 2.24) is 4.90 Å². The maximum absolute atomic E-state index is 12.2. The molecule has 2 aromatic carbocycles. The first kappa shape index (κ1) is 15.9. The number of amides is 2. The Kier molecular flexibility index (Phi) is 4.16. The van der Waals surface area contributed by atoms with Crippen molar-refractivity contribution in [2.45, 2.75) is 13.8 Å². The van der Waals surface area contributed by atoms with Gasteiger partial charge in [0, 0.05) is 0 Å². The Bertz CT molecular complexity index is 806. The molecular weight excluding hydrogens is 306 g/mol. The van der Waals surface area contributed by atoms with Gasteiger partial charge in [0.25, 0.3) is 11.8 Å². The van der Waals surface area contributed by atoms with Crippen LogP contribution in [0.25, 0.3) is 0 Å². The third kappa shape index (κ3) is 2.80. The van der Waals surface area contributed by atoms with Crippen molar-refractivity contribution in [3.8, 4) is 0 Å². The number of nitrogens with zero attached hydrogens (tertiary/aromatic N) is 1. The Morgan fingerprint density at radius 2 is 1.62 bits per heavy atom. The van der Waals surface area contributed by atoms with E-state index in [4.69, 9.17) is 4.74 Å². The predicted octanol–water partition coefficient (Wildman–Crippen LogP) is 2.76. The van der Waals surface area contributed by atoms with E-state index >= 15 is 0 Å². The van der Waals surface area contributed by atoms with Gasteiger partial charge >= 0.3 is 5.97 Å². The van der Waals surface area contributed by atoms with E-state index in [-0.39, 0.29) is 25.0 Å². The van der Waals surface area contributed by atoms with Crippen LogP contribution in [0.3, 0.4) is 0 Å². The van der Waals surface area contributed by atoms with Gasteiger partial charge in [-0.05, 0) is 37.6 Å². The first-order chi connectivity index (χ1) is 11.5. The average molecular weight is 323 g/mol. The van der Waals surface area contributed by atoms with Crippen molar-refractivity contribution in [2.75, 3.05) is 13.2 Å². The van der Waals surface area contributed by atoms with E-state index in [1.807, 2.05) is 26.0 Å². The van der Waals surface area contributed by atoms with Gasteiger partial charge in [0.15, 0.2) is 0 Å². The minimum atomic E-state index is -0.451. The number of ether oxygens (including phenoxy) is 1. The van der Waals surface area contributed by atoms with Gasteiger partial charge in [0.05, 0.1) is 23.2 Å². The number of esters is 1. The molecule has 0 saturated heterocycles. The number of imide groups is 1. The standard InChI is InChI=1S/C19H17NO4/c1-12-7-8-13(2)16(11-12)19(23)24-10-9-20-17(21)14-5-3-4-6-15(14)18(20)22/h3-8,11H,9-10H2,1-2H3. The summed E-state index contributed by atoms with van der Waals surface area (Å²) in [4.78, 5) is 37.7. The molecule has 5 heteroatoms. The largest absolute Gasteiger partial charge is 0.460 e. The molecule has 0 aromatic heterocycles. The van der Waals surface area contributed by atoms with Gasteiger partial charge in [-0.25, -0.2) is 4.79 Å². The van der Waals surface area contributed by atoms with Crippen LogP contribution in [0.2, 0.25) is 0 Å². The minimum Gasteiger partial charge on any atom is -0.460 e. The molecule has 0 radical (unpaired) electrons. The van der Waals surface area contributed by atoms with Gasteiger partial charge in [0.2, 0.25) is 0 Å². The molecule has 0 unspecified atom stereocenters. The molecule has 3 rings (SSSR count). The van der Waals surface area contributed by atoms with Crippen molar-refractivity contribution >= 4 is 17.8 Å². The van der Waals surface area contributed by atoms with E-state index in [2.05, 4.69) is 0 Å². The van der Waals surface area contributed by atoms with Crippen molar-refractivity contribution in [2.24, 2.45) is 0 Å². The van der Waals surface area contributed by atoms with Gasteiger partial charge < -0.3 is 4.74 Å². The number of carbonyl (C=O) groups is 3. The summed E-state index contributed by atoms with van der Waals surface area (Å²) in [7, 11) is 0. The van der Waals surface area contributed by atoms with Crippen LogP contribution < -0.4 is 0 Å². The number of hydrogen-bond acceptors (Lipinski definition) is 4. The normalized spacial score (nSPS) is 13.2. The van der Waals surface area contributed by atoms with Crippen LogP contribution >= 0.6 is 0 Å². The predicted molar refractivity (Wildman–Crippen MR) is 88.0 cm³/mol. The van der Waals surface area contributed by atoms with Gasteiger partial charge in [-0.15, -0.1) is 0 Å². The zero-order valence-corrected chi connectivity index (χ0v) is 13.5. The summed E-state index contributed by atoms with van der Waals surface area (Å²) in [5, 5.41) is 0. The summed E-state index contributed by atoms with van der Waals surface area (Å²) in [6, 6.07) is 12.2. The summed E-state index contributed by atoms with van der Waals surface area (Å²) >= 11 is 0. The molecule has 0 aliphatic carbocycles. The topological polar surface area (TPSA) is 63.7 Å². The number of carbonyl (C=O) groups excluding carboxylic acids is 3. The summed E-state index contributed by atoms with van der Waals surface area (Å²) in [5.74, 6) is -1.15. The Labute approximate surface area is 139 Å². The van der Waals surface area contributed by atoms with Gasteiger partial charge in [-0.2, -0.15) is 0 Å². The lowest BCUT2D eigenvalue weighted by Crippen LogP contribution is -2.33. The van der Waals surface area contributed by atoms with E-state index in [1.165, 1.54) is 0 Å². The molecule has 2 aromatic rings. The molecule has 1 aliphatic heterocycles. The van der Waals surface area contributed by atoms with Crippen LogP contribution in [0.15, 0.2) is 42.5 Å². The molecule has 2 amide bonds. The molecule has 0 fully saturated rings. The minimum absolute atomic E-state index is 0.0301. The monoisotopic (exact) mass is 323 g/mol. The van der Waals surface area contributed by atoms with Crippen LogP contribution in [-0.4, -0.2) is 35.8 Å². The zero-order valence-electron chi connectivity index (χ0n) is 13.5. The van der Waals surface area contributed by atoms with Crippen LogP contribution in [0.5, 0.6) is 0 Å². The maximum atomic E-state index is 12.2. The molecule has 24 heavy (non-hydrogen) atoms. The second-order valence-corrected chi connectivity index (χ2v) is 5.76. The number of aryl methyl sites for hydroxylation is 2. The van der Waals surface area contributed by atoms with Crippen LogP contribution in [-0.2, 0) is 4.74 Å². The van der Waals surface area contributed by atoms with Crippen LogP contribution in [0, 0.1) is 13.8 Å². The van der Waals surface area contributed by atoms with E-state index < -0.39 is 5.97 Å². The van der Waals surface area contributed by atoms with E-state index in [0.717, 1.165) is 16.0 Å². The molecule has 1 aliphatic rings. The molecular formula is C19H17NO4. The lowest BCUT2D eigenvalue weighted by atomic mass is 10.1. The fourth-order valence-electron chi connectivity index (χ4n) is 2.71. The molecule has 0 saturated carbocycles. The van der Waals surface area contributed by atoms with Crippen molar-refractivity contribution in [1.29, 1.82) is 0 Å². The fraction of sp³-hybridized carbons (Fsp3) is 0.211. The average Bonchev–Trinajstić information content (AvgIpc) is 2.82. The molecule has 0 N–H and O–H groups in total. The van der Waals surface area contributed by atoms with E-state index in [9.17, 15) is 14.4 Å². The molecule has 1 heterocycles. The fourth-order valence-corrected chi connectivity index (χ4v) is 2.71. The number of hydrogen-bond donors (Lipinski definition) is 0. The lowest BCUT2D eigenvalue weighted by Gasteiger charge is -2.14. The van der Waals surface area contributed by atoms with Gasteiger partial charge in [-0.3, -0.25) is 14.5 Å². The van der Waals surface area contributed by atoms with Gasteiger partial charge in [-0.1, -0.05) is 29.8 Å². The van der Waals surface area contributed by atoms with Crippen molar-refractivity contribution in [3.63, 3.8) is 0 Å². The molecule has 0 bridgehead atoms. The van der Waals surface area contributed by atoms with Crippen LogP contribution in [0.1, 0.15) is 42.2 Å². The zero-order chi connectivity index (χ0) is 17.3. The highest BCUT2D eigenvalue weighted by molar-refractivity contribution is 6.21. The molecule has 5 nitrogen and oxygen atoms in total. The van der Waals surface area contributed by atoms with Crippen molar-refractivity contribution < 1.29 is 19.1 Å². The molecule has 0 atom stereocenters. The van der Waals surface area contributed by atoms with Crippen molar-refractivity contribution in [3.05, 3.63) is 70.3 Å². The number of rotatable bonds is 4. The highest BCUT2D eigenvalue weighted by atomic mass is 16.5. The second-order valence-electron chi connectivity index (χ2n) is 5.76. The third-order valence-corrected chi connectivity index (χ3v) is 4.04. The highest BCUT2D eigenvalue weighted by Crippen LogP contribution is 2.22. The van der Waals surface area contributed by atoms with Gasteiger partial charge in [0.1, 0.15) is 6.61 Å².